The van der Waals surface area contributed by atoms with Crippen LogP contribution in [0.15, 0.2) is 58.6 Å². The first-order valence-corrected chi connectivity index (χ1v) is 8.38. The molecule has 4 nitrogen and oxygen atoms in total. The highest BCUT2D eigenvalue weighted by Crippen LogP contribution is 2.23. The van der Waals surface area contributed by atoms with Gasteiger partial charge in [0, 0.05) is 15.6 Å². The first kappa shape index (κ1) is 18.5. The van der Waals surface area contributed by atoms with E-state index in [-0.39, 0.29) is 0 Å². The molecule has 0 radical (unpaired) electrons. The van der Waals surface area contributed by atoms with Crippen LogP contribution in [0.4, 0.5) is 0 Å². The molecule has 24 heavy (non-hydrogen) atoms. The van der Waals surface area contributed by atoms with Crippen LogP contribution >= 0.6 is 39.1 Å². The second-order valence-electron chi connectivity index (χ2n) is 4.61. The van der Waals surface area contributed by atoms with E-state index in [9.17, 15) is 4.79 Å². The van der Waals surface area contributed by atoms with Gasteiger partial charge in [-0.1, -0.05) is 51.8 Å². The number of nitrogens with one attached hydrogen (secondary N) is 1. The maximum absolute atomic E-state index is 12.0. The first-order chi connectivity index (χ1) is 11.5. The van der Waals surface area contributed by atoms with Crippen LogP contribution in [0, 0.1) is 0 Å². The zero-order chi connectivity index (χ0) is 17.5. The Morgan fingerprint density at radius 2 is 2.04 bits per heavy atom. The number of rotatable bonds is 6. The van der Waals surface area contributed by atoms with Crippen LogP contribution in [0.3, 0.4) is 0 Å². The molecule has 0 bridgehead atoms. The topological polar surface area (TPSA) is 50.7 Å². The quantitative estimate of drug-likeness (QED) is 0.396. The lowest BCUT2D eigenvalue weighted by Gasteiger charge is -2.07. The monoisotopic (exact) mass is 426 g/mol. The molecule has 0 spiro atoms. The van der Waals surface area contributed by atoms with Crippen LogP contribution in [0.1, 0.15) is 15.9 Å². The van der Waals surface area contributed by atoms with Gasteiger partial charge >= 0.3 is 0 Å². The molecule has 7 heteroatoms. The summed E-state index contributed by atoms with van der Waals surface area (Å²) < 4.78 is 6.40. The molecule has 0 atom stereocenters. The van der Waals surface area contributed by atoms with Crippen LogP contribution < -0.4 is 10.2 Å². The number of halogens is 3. The largest absolute Gasteiger partial charge is 0.489 e. The molecule has 1 N–H and O–H groups in total. The van der Waals surface area contributed by atoms with E-state index in [1.807, 2.05) is 12.1 Å². The summed E-state index contributed by atoms with van der Waals surface area (Å²) in [5.74, 6) is 0.235. The van der Waals surface area contributed by atoms with E-state index in [2.05, 4.69) is 33.0 Å². The fourth-order valence-corrected chi connectivity index (χ4v) is 2.44. The molecule has 2 aromatic rings. The van der Waals surface area contributed by atoms with E-state index in [0.29, 0.717) is 33.5 Å². The average Bonchev–Trinajstić information content (AvgIpc) is 2.56. The highest BCUT2D eigenvalue weighted by Gasteiger charge is 2.07. The van der Waals surface area contributed by atoms with Crippen molar-refractivity contribution in [3.8, 4) is 5.75 Å². The van der Waals surface area contributed by atoms with Gasteiger partial charge in [0.2, 0.25) is 0 Å². The van der Waals surface area contributed by atoms with Gasteiger partial charge in [0.05, 0.1) is 16.3 Å². The third kappa shape index (κ3) is 5.09. The van der Waals surface area contributed by atoms with Crippen LogP contribution in [0.5, 0.6) is 5.75 Å². The predicted molar refractivity (Wildman–Crippen MR) is 101 cm³/mol. The number of carbonyl (C=O) groups excluding carboxylic acids is 1. The van der Waals surface area contributed by atoms with E-state index in [0.717, 1.165) is 4.47 Å². The third-order valence-corrected chi connectivity index (χ3v) is 4.11. The molecule has 0 aliphatic heterocycles. The van der Waals surface area contributed by atoms with E-state index >= 15 is 0 Å². The molecule has 0 aliphatic rings. The van der Waals surface area contributed by atoms with Crippen LogP contribution in [0.2, 0.25) is 10.0 Å². The maximum Gasteiger partial charge on any atom is 0.271 e. The van der Waals surface area contributed by atoms with Crippen molar-refractivity contribution in [2.45, 2.75) is 0 Å². The number of carbonyl (C=O) groups is 1. The average molecular weight is 428 g/mol. The zero-order valence-corrected chi connectivity index (χ0v) is 15.5. The highest BCUT2D eigenvalue weighted by atomic mass is 79.9. The Morgan fingerprint density at radius 1 is 1.25 bits per heavy atom. The summed E-state index contributed by atoms with van der Waals surface area (Å²) in [6.07, 6.45) is 3.15. The van der Waals surface area contributed by atoms with E-state index in [1.54, 1.807) is 24.3 Å². The Morgan fingerprint density at radius 3 is 2.75 bits per heavy atom. The molecular weight excluding hydrogens is 415 g/mol. The number of hydrogen-bond donors (Lipinski definition) is 1. The van der Waals surface area contributed by atoms with Crippen molar-refractivity contribution in [2.75, 3.05) is 6.61 Å². The maximum atomic E-state index is 12.0. The Balaban J connectivity index is 2.10. The SMILES string of the molecule is C=CCOc1ccc(Br)cc1/C=N/NC(=O)c1ccc(Cl)c(Cl)c1. The lowest BCUT2D eigenvalue weighted by molar-refractivity contribution is 0.0955. The van der Waals surface area contributed by atoms with Gasteiger partial charge in [-0.2, -0.15) is 5.10 Å². The number of nitrogens with zero attached hydrogens (tertiary/aromatic N) is 1. The normalized spacial score (nSPS) is 10.6. The zero-order valence-electron chi connectivity index (χ0n) is 12.4. The highest BCUT2D eigenvalue weighted by molar-refractivity contribution is 9.10. The van der Waals surface area contributed by atoms with Crippen molar-refractivity contribution in [1.29, 1.82) is 0 Å². The minimum absolute atomic E-state index is 0.306. The molecule has 0 saturated carbocycles. The van der Waals surface area contributed by atoms with Crippen molar-refractivity contribution in [1.82, 2.24) is 5.43 Å². The second-order valence-corrected chi connectivity index (χ2v) is 6.34. The first-order valence-electron chi connectivity index (χ1n) is 6.83. The number of ether oxygens (including phenoxy) is 1. The molecular formula is C17H13BrCl2N2O2. The summed E-state index contributed by atoms with van der Waals surface area (Å²) in [7, 11) is 0. The molecule has 0 heterocycles. The van der Waals surface area contributed by atoms with Gasteiger partial charge in [0.25, 0.3) is 5.91 Å². The summed E-state index contributed by atoms with van der Waals surface area (Å²) in [6, 6.07) is 10.1. The summed E-state index contributed by atoms with van der Waals surface area (Å²) in [6.45, 7) is 3.98. The number of amides is 1. The molecule has 124 valence electrons. The summed E-state index contributed by atoms with van der Waals surface area (Å²) >= 11 is 15.1. The van der Waals surface area contributed by atoms with Crippen LogP contribution in [0.25, 0.3) is 0 Å². The van der Waals surface area contributed by atoms with Crippen molar-refractivity contribution in [3.05, 3.63) is 74.7 Å². The van der Waals surface area contributed by atoms with Crippen molar-refractivity contribution >= 4 is 51.3 Å². The Kier molecular flexibility index (Phi) is 6.85. The van der Waals surface area contributed by atoms with Gasteiger partial charge in [-0.05, 0) is 36.4 Å². The van der Waals surface area contributed by atoms with Gasteiger partial charge in [0.1, 0.15) is 12.4 Å². The van der Waals surface area contributed by atoms with Gasteiger partial charge in [0.15, 0.2) is 0 Å². The Bertz CT molecular complexity index is 794. The lowest BCUT2D eigenvalue weighted by Crippen LogP contribution is -2.17. The molecule has 2 rings (SSSR count). The standard InChI is InChI=1S/C17H13BrCl2N2O2/c1-2-7-24-16-6-4-13(18)8-12(16)10-21-22-17(23)11-3-5-14(19)15(20)9-11/h2-6,8-10H,1,7H2,(H,22,23)/b21-10+. The number of hydrogen-bond acceptors (Lipinski definition) is 3. The summed E-state index contributed by atoms with van der Waals surface area (Å²) in [5.41, 5.74) is 3.50. The fraction of sp³-hybridized carbons (Fsp3) is 0.0588. The molecule has 2 aromatic carbocycles. The predicted octanol–water partition coefficient (Wildman–Crippen LogP) is 5.08. The minimum atomic E-state index is -0.395. The van der Waals surface area contributed by atoms with Gasteiger partial charge in [-0.25, -0.2) is 5.43 Å². The van der Waals surface area contributed by atoms with E-state index < -0.39 is 5.91 Å². The number of benzene rings is 2. The fourth-order valence-electron chi connectivity index (χ4n) is 1.76. The summed E-state index contributed by atoms with van der Waals surface area (Å²) in [4.78, 5) is 12.0. The molecule has 0 saturated heterocycles. The molecule has 0 unspecified atom stereocenters. The molecule has 0 aromatic heterocycles. The van der Waals surface area contributed by atoms with Gasteiger partial charge in [-0.15, -0.1) is 0 Å². The molecule has 0 aliphatic carbocycles. The van der Waals surface area contributed by atoms with Gasteiger partial charge in [-0.3, -0.25) is 4.79 Å². The van der Waals surface area contributed by atoms with E-state index in [4.69, 9.17) is 27.9 Å². The van der Waals surface area contributed by atoms with Crippen molar-refractivity contribution in [3.63, 3.8) is 0 Å². The smallest absolute Gasteiger partial charge is 0.271 e. The Labute approximate surface area is 158 Å². The van der Waals surface area contributed by atoms with Crippen molar-refractivity contribution < 1.29 is 9.53 Å². The second kappa shape index (κ2) is 8.87. The van der Waals surface area contributed by atoms with Crippen molar-refractivity contribution in [2.24, 2.45) is 5.10 Å². The van der Waals surface area contributed by atoms with Crippen LogP contribution in [-0.4, -0.2) is 18.7 Å². The molecule has 0 fully saturated rings. The lowest BCUT2D eigenvalue weighted by atomic mass is 10.2. The molecule has 1 amide bonds. The summed E-state index contributed by atoms with van der Waals surface area (Å²) in [5, 5.41) is 4.64. The van der Waals surface area contributed by atoms with E-state index in [1.165, 1.54) is 12.3 Å². The third-order valence-electron chi connectivity index (χ3n) is 2.88. The Hall–Kier alpha value is -1.82. The minimum Gasteiger partial charge on any atom is -0.489 e. The van der Waals surface area contributed by atoms with Crippen LogP contribution in [-0.2, 0) is 0 Å². The van der Waals surface area contributed by atoms with Gasteiger partial charge < -0.3 is 4.74 Å². The number of hydrazone groups is 1.